The number of alkyl halides is 3. The summed E-state index contributed by atoms with van der Waals surface area (Å²) in [5.41, 5.74) is 0.481. The Morgan fingerprint density at radius 3 is 2.30 bits per heavy atom. The second kappa shape index (κ2) is 8.05. The predicted octanol–water partition coefficient (Wildman–Crippen LogP) is 4.72. The Kier molecular flexibility index (Phi) is 5.75. The molecule has 0 N–H and O–H groups in total. The van der Waals surface area contributed by atoms with E-state index < -0.39 is 11.7 Å². The summed E-state index contributed by atoms with van der Waals surface area (Å²) in [7, 11) is 0. The van der Waals surface area contributed by atoms with Crippen LogP contribution in [-0.2, 0) is 11.0 Å². The van der Waals surface area contributed by atoms with Crippen LogP contribution in [-0.4, -0.2) is 37.0 Å². The lowest BCUT2D eigenvalue weighted by molar-refractivity contribution is -0.137. The largest absolute Gasteiger partial charge is 0.416 e. The minimum atomic E-state index is -4.45. The molecule has 0 bridgehead atoms. The molecular formula is C20H18ClF3N2O. The minimum absolute atomic E-state index is 0.168. The van der Waals surface area contributed by atoms with Crippen molar-refractivity contribution in [2.24, 2.45) is 0 Å². The average molecular weight is 395 g/mol. The maximum atomic E-state index is 12.8. The van der Waals surface area contributed by atoms with E-state index in [1.807, 2.05) is 30.3 Å². The highest BCUT2D eigenvalue weighted by atomic mass is 35.5. The van der Waals surface area contributed by atoms with Gasteiger partial charge < -0.3 is 9.80 Å². The van der Waals surface area contributed by atoms with Crippen LogP contribution in [0.4, 0.5) is 18.9 Å². The number of hydrogen-bond acceptors (Lipinski definition) is 2. The zero-order chi connectivity index (χ0) is 19.4. The Bertz CT molecular complexity index is 829. The number of piperazine rings is 1. The van der Waals surface area contributed by atoms with Gasteiger partial charge in [0, 0.05) is 43.0 Å². The fourth-order valence-electron chi connectivity index (χ4n) is 2.94. The summed E-state index contributed by atoms with van der Waals surface area (Å²) in [6, 6.07) is 13.0. The van der Waals surface area contributed by atoms with Crippen LogP contribution in [0, 0.1) is 0 Å². The lowest BCUT2D eigenvalue weighted by Gasteiger charge is -2.35. The van der Waals surface area contributed by atoms with Crippen LogP contribution in [0.25, 0.3) is 6.08 Å². The molecule has 1 aliphatic rings. The standard InChI is InChI=1S/C20H18ClF3N2O/c21-18-8-7-16(20(22,23)24)14-15(18)6-9-19(27)26-12-10-25(11-13-26)17-4-2-1-3-5-17/h1-9,14H,10-13H2/b9-6+. The monoisotopic (exact) mass is 394 g/mol. The molecular weight excluding hydrogens is 377 g/mol. The predicted molar refractivity (Wildman–Crippen MR) is 101 cm³/mol. The van der Waals surface area contributed by atoms with Crippen LogP contribution in [0.1, 0.15) is 11.1 Å². The molecule has 7 heteroatoms. The summed E-state index contributed by atoms with van der Waals surface area (Å²) in [6.45, 7) is 2.50. The molecule has 1 saturated heterocycles. The Morgan fingerprint density at radius 2 is 1.67 bits per heavy atom. The number of carbonyl (C=O) groups excluding carboxylic acids is 1. The molecule has 1 aliphatic heterocycles. The molecule has 1 fully saturated rings. The third kappa shape index (κ3) is 4.83. The molecule has 0 aliphatic carbocycles. The number of amides is 1. The van der Waals surface area contributed by atoms with E-state index in [2.05, 4.69) is 4.90 Å². The molecule has 0 saturated carbocycles. The average Bonchev–Trinajstić information content (AvgIpc) is 2.67. The van der Waals surface area contributed by atoms with Gasteiger partial charge in [0.2, 0.25) is 5.91 Å². The smallest absolute Gasteiger partial charge is 0.368 e. The molecule has 3 rings (SSSR count). The van der Waals surface area contributed by atoms with Gasteiger partial charge in [-0.2, -0.15) is 13.2 Å². The van der Waals surface area contributed by atoms with Crippen LogP contribution in [0.3, 0.4) is 0 Å². The van der Waals surface area contributed by atoms with Gasteiger partial charge in [-0.15, -0.1) is 0 Å². The van der Waals surface area contributed by atoms with Gasteiger partial charge in [0.25, 0.3) is 0 Å². The van der Waals surface area contributed by atoms with Gasteiger partial charge in [0.1, 0.15) is 0 Å². The van der Waals surface area contributed by atoms with Gasteiger partial charge in [-0.1, -0.05) is 29.8 Å². The first kappa shape index (κ1) is 19.3. The van der Waals surface area contributed by atoms with Crippen molar-refractivity contribution in [2.45, 2.75) is 6.18 Å². The fourth-order valence-corrected chi connectivity index (χ4v) is 3.12. The number of nitrogens with zero attached hydrogens (tertiary/aromatic N) is 2. The molecule has 2 aromatic rings. The quantitative estimate of drug-likeness (QED) is 0.703. The third-order valence-electron chi connectivity index (χ3n) is 4.44. The van der Waals surface area contributed by atoms with Gasteiger partial charge >= 0.3 is 6.18 Å². The maximum Gasteiger partial charge on any atom is 0.416 e. The van der Waals surface area contributed by atoms with Gasteiger partial charge in [-0.25, -0.2) is 0 Å². The van der Waals surface area contributed by atoms with Crippen molar-refractivity contribution in [3.05, 3.63) is 70.8 Å². The second-order valence-corrected chi connectivity index (χ2v) is 6.62. The number of anilines is 1. The Labute approximate surface area is 160 Å². The van der Waals surface area contributed by atoms with Crippen molar-refractivity contribution >= 4 is 29.3 Å². The molecule has 0 atom stereocenters. The Balaban J connectivity index is 1.63. The number of rotatable bonds is 3. The molecule has 2 aromatic carbocycles. The van der Waals surface area contributed by atoms with E-state index in [9.17, 15) is 18.0 Å². The molecule has 3 nitrogen and oxygen atoms in total. The van der Waals surface area contributed by atoms with E-state index in [1.165, 1.54) is 18.2 Å². The topological polar surface area (TPSA) is 23.6 Å². The van der Waals surface area contributed by atoms with Crippen molar-refractivity contribution in [1.82, 2.24) is 4.90 Å². The minimum Gasteiger partial charge on any atom is -0.368 e. The SMILES string of the molecule is O=C(/C=C/c1cc(C(F)(F)F)ccc1Cl)N1CCN(c2ccccc2)CC1. The first-order valence-electron chi connectivity index (χ1n) is 8.48. The van der Waals surface area contributed by atoms with Gasteiger partial charge in [-0.05, 0) is 42.0 Å². The highest BCUT2D eigenvalue weighted by Crippen LogP contribution is 2.32. The zero-order valence-corrected chi connectivity index (χ0v) is 15.2. The number of hydrogen-bond donors (Lipinski definition) is 0. The lowest BCUT2D eigenvalue weighted by atomic mass is 10.1. The molecule has 0 spiro atoms. The van der Waals surface area contributed by atoms with Crippen molar-refractivity contribution in [1.29, 1.82) is 0 Å². The van der Waals surface area contributed by atoms with E-state index >= 15 is 0 Å². The number of benzene rings is 2. The van der Waals surface area contributed by atoms with Crippen molar-refractivity contribution in [3.63, 3.8) is 0 Å². The van der Waals surface area contributed by atoms with Crippen LogP contribution < -0.4 is 4.90 Å². The molecule has 1 heterocycles. The van der Waals surface area contributed by atoms with E-state index in [1.54, 1.807) is 4.90 Å². The molecule has 142 valence electrons. The molecule has 0 aromatic heterocycles. The van der Waals surface area contributed by atoms with Crippen molar-refractivity contribution in [3.8, 4) is 0 Å². The van der Waals surface area contributed by atoms with Crippen molar-refractivity contribution < 1.29 is 18.0 Å². The van der Waals surface area contributed by atoms with Gasteiger partial charge in [0.05, 0.1) is 5.56 Å². The highest BCUT2D eigenvalue weighted by molar-refractivity contribution is 6.32. The summed E-state index contributed by atoms with van der Waals surface area (Å²) >= 11 is 5.95. The Morgan fingerprint density at radius 1 is 1.00 bits per heavy atom. The summed E-state index contributed by atoms with van der Waals surface area (Å²) < 4.78 is 38.5. The second-order valence-electron chi connectivity index (χ2n) is 6.22. The van der Waals surface area contributed by atoms with Crippen LogP contribution >= 0.6 is 11.6 Å². The van der Waals surface area contributed by atoms with Crippen LogP contribution in [0.2, 0.25) is 5.02 Å². The summed E-state index contributed by atoms with van der Waals surface area (Å²) in [5, 5.41) is 0.168. The molecule has 27 heavy (non-hydrogen) atoms. The number of carbonyl (C=O) groups is 1. The molecule has 0 unspecified atom stereocenters. The summed E-state index contributed by atoms with van der Waals surface area (Å²) in [5.74, 6) is -0.240. The van der Waals surface area contributed by atoms with E-state index in [4.69, 9.17) is 11.6 Å². The van der Waals surface area contributed by atoms with Crippen LogP contribution in [0.5, 0.6) is 0 Å². The Hall–Kier alpha value is -2.47. The lowest BCUT2D eigenvalue weighted by Crippen LogP contribution is -2.48. The highest BCUT2D eigenvalue weighted by Gasteiger charge is 2.30. The maximum absolute atomic E-state index is 12.8. The number of halogens is 4. The fraction of sp³-hybridized carbons (Fsp3) is 0.250. The zero-order valence-electron chi connectivity index (χ0n) is 14.4. The molecule has 1 amide bonds. The van der Waals surface area contributed by atoms with Crippen LogP contribution in [0.15, 0.2) is 54.6 Å². The summed E-state index contributed by atoms with van der Waals surface area (Å²) in [4.78, 5) is 16.2. The van der Waals surface area contributed by atoms with Crippen molar-refractivity contribution in [2.75, 3.05) is 31.1 Å². The third-order valence-corrected chi connectivity index (χ3v) is 4.79. The van der Waals surface area contributed by atoms with E-state index in [0.717, 1.165) is 17.8 Å². The first-order valence-corrected chi connectivity index (χ1v) is 8.86. The first-order chi connectivity index (χ1) is 12.8. The van der Waals surface area contributed by atoms with Gasteiger partial charge in [-0.3, -0.25) is 4.79 Å². The van der Waals surface area contributed by atoms with Gasteiger partial charge in [0.15, 0.2) is 0 Å². The number of para-hydroxylation sites is 1. The molecule has 0 radical (unpaired) electrons. The van der Waals surface area contributed by atoms with E-state index in [-0.39, 0.29) is 16.5 Å². The normalized spacial score (nSPS) is 15.4. The summed E-state index contributed by atoms with van der Waals surface area (Å²) in [6.07, 6.45) is -1.84. The van der Waals surface area contributed by atoms with E-state index in [0.29, 0.717) is 26.2 Å².